The lowest BCUT2D eigenvalue weighted by Crippen LogP contribution is -2.49. The smallest absolute Gasteiger partial charge is 0.368 e. The molecule has 1 atom stereocenters. The summed E-state index contributed by atoms with van der Waals surface area (Å²) in [5, 5.41) is 0.462. The Bertz CT molecular complexity index is 741. The van der Waals surface area contributed by atoms with E-state index in [0.29, 0.717) is 10.8 Å². The van der Waals surface area contributed by atoms with E-state index >= 15 is 0 Å². The molecule has 1 saturated heterocycles. The molecule has 2 heterocycles. The fourth-order valence-corrected chi connectivity index (χ4v) is 3.14. The summed E-state index contributed by atoms with van der Waals surface area (Å²) in [6, 6.07) is 7.33. The molecule has 0 aliphatic carbocycles. The van der Waals surface area contributed by atoms with Crippen LogP contribution in [0.15, 0.2) is 40.3 Å². The zero-order valence-electron chi connectivity index (χ0n) is 12.8. The van der Waals surface area contributed by atoms with Crippen LogP contribution in [0.5, 0.6) is 0 Å². The number of nitrogen functional groups attached to an aromatic ring is 1. The topological polar surface area (TPSA) is 64.3 Å². The van der Waals surface area contributed by atoms with Gasteiger partial charge < -0.3 is 15.4 Å². The predicted molar refractivity (Wildman–Crippen MR) is 85.0 cm³/mol. The normalized spacial score (nSPS) is 18.4. The molecule has 0 radical (unpaired) electrons. The minimum Gasteiger partial charge on any atom is -0.368 e. The fraction of sp³-hybridized carbons (Fsp3) is 0.333. The Morgan fingerprint density at radius 2 is 1.92 bits per heavy atom. The van der Waals surface area contributed by atoms with Crippen molar-refractivity contribution in [2.24, 2.45) is 0 Å². The Morgan fingerprint density at radius 3 is 2.60 bits per heavy atom. The Morgan fingerprint density at radius 1 is 1.20 bits per heavy atom. The number of hydrogen-bond acceptors (Lipinski definition) is 6. The van der Waals surface area contributed by atoms with Gasteiger partial charge in [-0.05, 0) is 24.3 Å². The molecule has 1 fully saturated rings. The van der Waals surface area contributed by atoms with Crippen molar-refractivity contribution in [1.82, 2.24) is 9.97 Å². The minimum atomic E-state index is -4.44. The van der Waals surface area contributed by atoms with E-state index in [9.17, 15) is 17.6 Å². The lowest BCUT2D eigenvalue weighted by Gasteiger charge is -2.34. The summed E-state index contributed by atoms with van der Waals surface area (Å²) < 4.78 is 56.3. The van der Waals surface area contributed by atoms with Crippen LogP contribution in [0, 0.1) is 5.82 Å². The van der Waals surface area contributed by atoms with Crippen LogP contribution in [0.1, 0.15) is 0 Å². The Hall–Kier alpha value is -2.07. The molecule has 1 aliphatic rings. The minimum absolute atomic E-state index is 0.0443. The first-order valence-electron chi connectivity index (χ1n) is 7.32. The van der Waals surface area contributed by atoms with Crippen LogP contribution in [-0.2, 0) is 4.74 Å². The first-order chi connectivity index (χ1) is 11.8. The van der Waals surface area contributed by atoms with E-state index in [0.717, 1.165) is 4.90 Å². The quantitative estimate of drug-likeness (QED) is 0.658. The number of aromatic nitrogens is 2. The molecule has 134 valence electrons. The van der Waals surface area contributed by atoms with Crippen molar-refractivity contribution in [2.75, 3.05) is 30.3 Å². The van der Waals surface area contributed by atoms with Gasteiger partial charge in [0.05, 0.1) is 13.2 Å². The Labute approximate surface area is 145 Å². The van der Waals surface area contributed by atoms with Gasteiger partial charge in [-0.25, -0.2) is 9.37 Å². The van der Waals surface area contributed by atoms with Gasteiger partial charge in [-0.15, -0.1) is 0 Å². The van der Waals surface area contributed by atoms with E-state index in [-0.39, 0.29) is 31.5 Å². The van der Waals surface area contributed by atoms with Crippen molar-refractivity contribution in [3.63, 3.8) is 0 Å². The molecule has 0 bridgehead atoms. The van der Waals surface area contributed by atoms with Crippen molar-refractivity contribution in [3.8, 4) is 0 Å². The third-order valence-corrected chi connectivity index (χ3v) is 4.42. The number of halogens is 4. The average molecular weight is 374 g/mol. The molecule has 1 aromatic heterocycles. The zero-order valence-corrected chi connectivity index (χ0v) is 13.6. The van der Waals surface area contributed by atoms with Crippen LogP contribution in [0.2, 0.25) is 0 Å². The summed E-state index contributed by atoms with van der Waals surface area (Å²) in [5.41, 5.74) is 5.69. The van der Waals surface area contributed by atoms with Crippen LogP contribution < -0.4 is 10.6 Å². The average Bonchev–Trinajstić information content (AvgIpc) is 2.56. The molecule has 5 nitrogen and oxygen atoms in total. The monoisotopic (exact) mass is 374 g/mol. The summed E-state index contributed by atoms with van der Waals surface area (Å²) in [7, 11) is 0. The number of anilines is 2. The zero-order chi connectivity index (χ0) is 18.0. The SMILES string of the molecule is Nc1nc(Sc2ccc(F)cc2)cc(N2CCO[C@@H](C(F)(F)F)C2)n1. The van der Waals surface area contributed by atoms with Gasteiger partial charge in [0.15, 0.2) is 6.10 Å². The molecule has 0 saturated carbocycles. The van der Waals surface area contributed by atoms with Crippen LogP contribution >= 0.6 is 11.8 Å². The van der Waals surface area contributed by atoms with Crippen molar-refractivity contribution in [3.05, 3.63) is 36.1 Å². The van der Waals surface area contributed by atoms with Crippen molar-refractivity contribution in [1.29, 1.82) is 0 Å². The van der Waals surface area contributed by atoms with Crippen LogP contribution in [0.4, 0.5) is 29.3 Å². The number of rotatable bonds is 3. The highest BCUT2D eigenvalue weighted by Gasteiger charge is 2.43. The third kappa shape index (κ3) is 4.51. The first-order valence-corrected chi connectivity index (χ1v) is 8.14. The summed E-state index contributed by atoms with van der Waals surface area (Å²) in [6.07, 6.45) is -6.31. The highest BCUT2D eigenvalue weighted by Crippen LogP contribution is 2.31. The number of nitrogens with two attached hydrogens (primary N) is 1. The van der Waals surface area contributed by atoms with E-state index in [1.807, 2.05) is 0 Å². The lowest BCUT2D eigenvalue weighted by atomic mass is 10.2. The van der Waals surface area contributed by atoms with Gasteiger partial charge in [-0.3, -0.25) is 0 Å². The Balaban J connectivity index is 1.80. The van der Waals surface area contributed by atoms with E-state index in [1.54, 1.807) is 18.2 Å². The third-order valence-electron chi connectivity index (χ3n) is 3.50. The highest BCUT2D eigenvalue weighted by atomic mass is 32.2. The van der Waals surface area contributed by atoms with Gasteiger partial charge in [0.1, 0.15) is 16.7 Å². The Kier molecular flexibility index (Phi) is 5.00. The van der Waals surface area contributed by atoms with Crippen LogP contribution in [0.3, 0.4) is 0 Å². The van der Waals surface area contributed by atoms with E-state index in [2.05, 4.69) is 9.97 Å². The maximum atomic E-state index is 13.0. The maximum Gasteiger partial charge on any atom is 0.416 e. The number of morpholine rings is 1. The maximum absolute atomic E-state index is 13.0. The summed E-state index contributed by atoms with van der Waals surface area (Å²) in [6.45, 7) is -0.154. The highest BCUT2D eigenvalue weighted by molar-refractivity contribution is 7.99. The molecule has 2 N–H and O–H groups in total. The number of hydrogen-bond donors (Lipinski definition) is 1. The van der Waals surface area contributed by atoms with Gasteiger partial charge >= 0.3 is 6.18 Å². The summed E-state index contributed by atoms with van der Waals surface area (Å²) in [5.74, 6) is -0.106. The van der Waals surface area contributed by atoms with Gasteiger partial charge in [-0.1, -0.05) is 11.8 Å². The van der Waals surface area contributed by atoms with Crippen molar-refractivity contribution >= 4 is 23.5 Å². The second kappa shape index (κ2) is 7.04. The predicted octanol–water partition coefficient (Wildman–Crippen LogP) is 3.12. The van der Waals surface area contributed by atoms with Gasteiger partial charge in [-0.2, -0.15) is 18.2 Å². The number of alkyl halides is 3. The second-order valence-corrected chi connectivity index (χ2v) is 6.42. The molecule has 25 heavy (non-hydrogen) atoms. The molecule has 10 heteroatoms. The van der Waals surface area contributed by atoms with Crippen molar-refractivity contribution < 1.29 is 22.3 Å². The van der Waals surface area contributed by atoms with Gasteiger partial charge in [0.2, 0.25) is 5.95 Å². The second-order valence-electron chi connectivity index (χ2n) is 5.33. The number of nitrogens with zero attached hydrogens (tertiary/aromatic N) is 3. The summed E-state index contributed by atoms with van der Waals surface area (Å²) >= 11 is 1.22. The molecule has 2 aromatic rings. The largest absolute Gasteiger partial charge is 0.416 e. The van der Waals surface area contributed by atoms with Gasteiger partial charge in [0, 0.05) is 17.5 Å². The molecule has 1 aliphatic heterocycles. The van der Waals surface area contributed by atoms with Gasteiger partial charge in [0.25, 0.3) is 0 Å². The molecule has 0 unspecified atom stereocenters. The standard InChI is InChI=1S/C15H14F4N4OS/c16-9-1-3-10(4-2-9)25-13-7-12(21-14(20)22-13)23-5-6-24-11(8-23)15(17,18)19/h1-4,7,11H,5-6,8H2,(H2,20,21,22)/t11-/m1/s1. The van der Waals surface area contributed by atoms with Crippen molar-refractivity contribution in [2.45, 2.75) is 22.2 Å². The molecule has 0 amide bonds. The van der Waals surface area contributed by atoms with E-state index in [1.165, 1.54) is 28.8 Å². The fourth-order valence-electron chi connectivity index (χ4n) is 2.32. The summed E-state index contributed by atoms with van der Waals surface area (Å²) in [4.78, 5) is 10.3. The number of ether oxygens (including phenoxy) is 1. The van der Waals surface area contributed by atoms with E-state index in [4.69, 9.17) is 10.5 Å². The van der Waals surface area contributed by atoms with E-state index < -0.39 is 12.3 Å². The molecule has 0 spiro atoms. The van der Waals surface area contributed by atoms with Crippen LogP contribution in [0.25, 0.3) is 0 Å². The molecule has 3 rings (SSSR count). The number of benzene rings is 1. The first kappa shape index (κ1) is 17.7. The molecular formula is C15H14F4N4OS. The van der Waals surface area contributed by atoms with Crippen LogP contribution in [-0.4, -0.2) is 41.9 Å². The molecule has 1 aromatic carbocycles. The lowest BCUT2D eigenvalue weighted by molar-refractivity contribution is -0.221. The molecular weight excluding hydrogens is 360 g/mol.